The third kappa shape index (κ3) is 1.62. The van der Waals surface area contributed by atoms with Crippen molar-refractivity contribution >= 4 is 5.91 Å². The predicted octanol–water partition coefficient (Wildman–Crippen LogP) is -0.131. The highest BCUT2D eigenvalue weighted by Gasteiger charge is 2.13. The Kier molecular flexibility index (Phi) is 2.44. The summed E-state index contributed by atoms with van der Waals surface area (Å²) in [6.07, 6.45) is 0. The van der Waals surface area contributed by atoms with Crippen molar-refractivity contribution in [1.29, 1.82) is 0 Å². The predicted molar refractivity (Wildman–Crippen MR) is 40.4 cm³/mol. The molecule has 0 saturated carbocycles. The first kappa shape index (κ1) is 8.73. The number of hydrogen-bond acceptors (Lipinski definition) is 4. The standard InChI is InChI=1S/C7H10N2O3/c1-9(2)7(11)6-3-5(4-10)12-8-6/h3,10H,4H2,1-2H3. The number of nitrogens with zero attached hydrogens (tertiary/aromatic N) is 2. The minimum absolute atomic E-state index is 0.212. The molecule has 1 amide bonds. The number of hydrogen-bond donors (Lipinski definition) is 1. The van der Waals surface area contributed by atoms with Crippen molar-refractivity contribution in [2.75, 3.05) is 14.1 Å². The van der Waals surface area contributed by atoms with E-state index < -0.39 is 0 Å². The van der Waals surface area contributed by atoms with Crippen molar-refractivity contribution in [2.45, 2.75) is 6.61 Å². The Bertz CT molecular complexity index is 280. The number of carbonyl (C=O) groups is 1. The van der Waals surface area contributed by atoms with Crippen LogP contribution >= 0.6 is 0 Å². The average Bonchev–Trinajstić information content (AvgIpc) is 2.50. The SMILES string of the molecule is CN(C)C(=O)c1cc(CO)on1. The topological polar surface area (TPSA) is 66.6 Å². The van der Waals surface area contributed by atoms with Gasteiger partial charge in [-0.15, -0.1) is 0 Å². The summed E-state index contributed by atoms with van der Waals surface area (Å²) in [5.41, 5.74) is 0.212. The minimum atomic E-state index is -0.242. The summed E-state index contributed by atoms with van der Waals surface area (Å²) >= 11 is 0. The number of aliphatic hydroxyl groups excluding tert-OH is 1. The molecule has 1 heterocycles. The molecular weight excluding hydrogens is 160 g/mol. The van der Waals surface area contributed by atoms with Crippen LogP contribution < -0.4 is 0 Å². The van der Waals surface area contributed by atoms with E-state index in [0.29, 0.717) is 5.76 Å². The molecule has 1 rings (SSSR count). The van der Waals surface area contributed by atoms with Gasteiger partial charge in [-0.1, -0.05) is 5.16 Å². The summed E-state index contributed by atoms with van der Waals surface area (Å²) in [5.74, 6) is 0.0543. The molecule has 12 heavy (non-hydrogen) atoms. The van der Waals surface area contributed by atoms with Gasteiger partial charge < -0.3 is 14.5 Å². The number of aromatic nitrogens is 1. The Morgan fingerprint density at radius 2 is 2.42 bits per heavy atom. The highest BCUT2D eigenvalue weighted by atomic mass is 16.5. The molecular formula is C7H10N2O3. The third-order valence-corrected chi connectivity index (χ3v) is 1.34. The van der Waals surface area contributed by atoms with E-state index in [0.717, 1.165) is 0 Å². The summed E-state index contributed by atoms with van der Waals surface area (Å²) < 4.78 is 4.64. The molecule has 1 aromatic rings. The third-order valence-electron chi connectivity index (χ3n) is 1.34. The van der Waals surface area contributed by atoms with Crippen LogP contribution in [0, 0.1) is 0 Å². The minimum Gasteiger partial charge on any atom is -0.388 e. The Morgan fingerprint density at radius 1 is 1.75 bits per heavy atom. The summed E-state index contributed by atoms with van der Waals surface area (Å²) in [6.45, 7) is -0.242. The van der Waals surface area contributed by atoms with Gasteiger partial charge in [0, 0.05) is 20.2 Å². The van der Waals surface area contributed by atoms with Crippen molar-refractivity contribution in [2.24, 2.45) is 0 Å². The van der Waals surface area contributed by atoms with Crippen LogP contribution in [0.5, 0.6) is 0 Å². The van der Waals surface area contributed by atoms with E-state index in [1.807, 2.05) is 0 Å². The van der Waals surface area contributed by atoms with Crippen molar-refractivity contribution in [1.82, 2.24) is 10.1 Å². The maximum atomic E-state index is 11.2. The fourth-order valence-electron chi connectivity index (χ4n) is 0.717. The van der Waals surface area contributed by atoms with Crippen LogP contribution in [0.3, 0.4) is 0 Å². The van der Waals surface area contributed by atoms with Crippen LogP contribution in [0.4, 0.5) is 0 Å². The van der Waals surface area contributed by atoms with Gasteiger partial charge in [0.05, 0.1) is 0 Å². The van der Waals surface area contributed by atoms with Gasteiger partial charge in [-0.3, -0.25) is 4.79 Å². The lowest BCUT2D eigenvalue weighted by Gasteiger charge is -2.05. The fourth-order valence-corrected chi connectivity index (χ4v) is 0.717. The molecule has 0 radical (unpaired) electrons. The molecule has 0 aliphatic carbocycles. The van der Waals surface area contributed by atoms with Crippen LogP contribution in [-0.4, -0.2) is 35.2 Å². The van der Waals surface area contributed by atoms with Crippen molar-refractivity contribution in [3.8, 4) is 0 Å². The fraction of sp³-hybridized carbons (Fsp3) is 0.429. The van der Waals surface area contributed by atoms with E-state index in [1.54, 1.807) is 14.1 Å². The largest absolute Gasteiger partial charge is 0.388 e. The molecule has 5 nitrogen and oxygen atoms in total. The number of rotatable bonds is 2. The lowest BCUT2D eigenvalue weighted by molar-refractivity contribution is 0.0817. The molecule has 0 unspecified atom stereocenters. The van der Waals surface area contributed by atoms with E-state index in [9.17, 15) is 4.79 Å². The van der Waals surface area contributed by atoms with Gasteiger partial charge in [0.25, 0.3) is 5.91 Å². The summed E-state index contributed by atoms with van der Waals surface area (Å²) in [5, 5.41) is 12.1. The Hall–Kier alpha value is -1.36. The molecule has 0 aliphatic rings. The number of carbonyl (C=O) groups excluding carboxylic acids is 1. The first-order valence-electron chi connectivity index (χ1n) is 3.43. The van der Waals surface area contributed by atoms with Crippen LogP contribution in [0.1, 0.15) is 16.2 Å². The number of aliphatic hydroxyl groups is 1. The molecule has 0 spiro atoms. The molecule has 1 N–H and O–H groups in total. The van der Waals surface area contributed by atoms with Crippen molar-refractivity contribution < 1.29 is 14.4 Å². The van der Waals surface area contributed by atoms with E-state index >= 15 is 0 Å². The molecule has 1 aromatic heterocycles. The van der Waals surface area contributed by atoms with Crippen molar-refractivity contribution in [3.05, 3.63) is 17.5 Å². The smallest absolute Gasteiger partial charge is 0.275 e. The normalized spacial score (nSPS) is 9.92. The summed E-state index contributed by atoms with van der Waals surface area (Å²) in [7, 11) is 3.24. The molecule has 0 aromatic carbocycles. The first-order valence-corrected chi connectivity index (χ1v) is 3.43. The van der Waals surface area contributed by atoms with E-state index in [2.05, 4.69) is 9.68 Å². The Labute approximate surface area is 69.6 Å². The first-order chi connectivity index (χ1) is 5.65. The number of amides is 1. The van der Waals surface area contributed by atoms with Crippen molar-refractivity contribution in [3.63, 3.8) is 0 Å². The summed E-state index contributed by atoms with van der Waals surface area (Å²) in [4.78, 5) is 12.6. The second-order valence-corrected chi connectivity index (χ2v) is 2.54. The average molecular weight is 170 g/mol. The lowest BCUT2D eigenvalue weighted by Crippen LogP contribution is -2.21. The second kappa shape index (κ2) is 3.36. The van der Waals surface area contributed by atoms with Crippen LogP contribution in [0.2, 0.25) is 0 Å². The second-order valence-electron chi connectivity index (χ2n) is 2.54. The molecule has 0 atom stereocenters. The molecule has 0 bridgehead atoms. The van der Waals surface area contributed by atoms with E-state index in [4.69, 9.17) is 5.11 Å². The van der Waals surface area contributed by atoms with Gasteiger partial charge in [0.1, 0.15) is 6.61 Å². The van der Waals surface area contributed by atoms with E-state index in [-0.39, 0.29) is 18.2 Å². The van der Waals surface area contributed by atoms with Crippen LogP contribution in [0.15, 0.2) is 10.6 Å². The zero-order valence-corrected chi connectivity index (χ0v) is 6.94. The zero-order chi connectivity index (χ0) is 9.14. The molecule has 5 heteroatoms. The van der Waals surface area contributed by atoms with Gasteiger partial charge in [0.2, 0.25) is 0 Å². The highest BCUT2D eigenvalue weighted by molar-refractivity contribution is 5.91. The maximum Gasteiger partial charge on any atom is 0.275 e. The van der Waals surface area contributed by atoms with Gasteiger partial charge >= 0.3 is 0 Å². The van der Waals surface area contributed by atoms with Gasteiger partial charge in [-0.2, -0.15) is 0 Å². The van der Waals surface area contributed by atoms with Gasteiger partial charge in [0.15, 0.2) is 11.5 Å². The monoisotopic (exact) mass is 170 g/mol. The van der Waals surface area contributed by atoms with E-state index in [1.165, 1.54) is 11.0 Å². The maximum absolute atomic E-state index is 11.2. The zero-order valence-electron chi connectivity index (χ0n) is 6.94. The molecule has 0 aliphatic heterocycles. The highest BCUT2D eigenvalue weighted by Crippen LogP contribution is 2.04. The molecule has 66 valence electrons. The summed E-state index contributed by atoms with van der Waals surface area (Å²) in [6, 6.07) is 1.42. The Balaban J connectivity index is 2.82. The Morgan fingerprint density at radius 3 is 2.83 bits per heavy atom. The lowest BCUT2D eigenvalue weighted by atomic mass is 10.3. The molecule has 0 fully saturated rings. The van der Waals surface area contributed by atoms with Gasteiger partial charge in [-0.25, -0.2) is 0 Å². The van der Waals surface area contributed by atoms with Crippen LogP contribution in [-0.2, 0) is 6.61 Å². The quantitative estimate of drug-likeness (QED) is 0.671. The molecule has 0 saturated heterocycles. The van der Waals surface area contributed by atoms with Gasteiger partial charge in [-0.05, 0) is 0 Å². The van der Waals surface area contributed by atoms with Crippen LogP contribution in [0.25, 0.3) is 0 Å².